The Morgan fingerprint density at radius 1 is 0.967 bits per heavy atom. The van der Waals surface area contributed by atoms with E-state index in [1.54, 1.807) is 22.9 Å². The van der Waals surface area contributed by atoms with Gasteiger partial charge >= 0.3 is 11.9 Å². The molecule has 4 atom stereocenters. The van der Waals surface area contributed by atoms with Crippen LogP contribution < -0.4 is 10.6 Å². The van der Waals surface area contributed by atoms with Gasteiger partial charge in [-0.25, -0.2) is 4.79 Å². The zero-order valence-corrected chi connectivity index (χ0v) is 17.4. The van der Waals surface area contributed by atoms with E-state index >= 15 is 0 Å². The maximum Gasteiger partial charge on any atom is 0.340 e. The number of carbonyl (C=O) groups is 4. The van der Waals surface area contributed by atoms with Gasteiger partial charge in [0, 0.05) is 0 Å². The summed E-state index contributed by atoms with van der Waals surface area (Å²) < 4.78 is 4.70. The maximum absolute atomic E-state index is 12.9. The Balaban J connectivity index is 1.50. The highest BCUT2D eigenvalue weighted by Crippen LogP contribution is 2.48. The van der Waals surface area contributed by atoms with E-state index in [1.165, 1.54) is 29.8 Å². The van der Waals surface area contributed by atoms with Crippen molar-refractivity contribution in [2.45, 2.75) is 6.42 Å². The number of esters is 1. The minimum absolute atomic E-state index is 0.109. The number of amides is 2. The monoisotopic (exact) mass is 446 g/mol. The van der Waals surface area contributed by atoms with Gasteiger partial charge in [-0.15, -0.1) is 22.7 Å². The molecule has 30 heavy (non-hydrogen) atoms. The van der Waals surface area contributed by atoms with Gasteiger partial charge in [0.1, 0.15) is 10.0 Å². The zero-order valence-electron chi connectivity index (χ0n) is 15.8. The van der Waals surface area contributed by atoms with Gasteiger partial charge in [-0.2, -0.15) is 0 Å². The van der Waals surface area contributed by atoms with E-state index < -0.39 is 35.6 Å². The number of ether oxygens (including phenoxy) is 1. The van der Waals surface area contributed by atoms with Crippen molar-refractivity contribution in [1.82, 2.24) is 0 Å². The normalized spacial score (nSPS) is 23.9. The number of anilines is 2. The molecule has 2 amide bonds. The van der Waals surface area contributed by atoms with E-state index in [-0.39, 0.29) is 23.0 Å². The number of aliphatic carboxylic acids is 1. The molecule has 2 aliphatic carbocycles. The van der Waals surface area contributed by atoms with Crippen molar-refractivity contribution in [2.24, 2.45) is 23.7 Å². The first-order valence-electron chi connectivity index (χ1n) is 9.17. The van der Waals surface area contributed by atoms with Crippen molar-refractivity contribution in [1.29, 1.82) is 0 Å². The fourth-order valence-electron chi connectivity index (χ4n) is 4.14. The number of allylic oxidation sites excluding steroid dienone is 2. The van der Waals surface area contributed by atoms with Crippen LogP contribution >= 0.6 is 22.7 Å². The molecule has 1 saturated carbocycles. The molecule has 10 heteroatoms. The summed E-state index contributed by atoms with van der Waals surface area (Å²) in [7, 11) is 1.26. The van der Waals surface area contributed by atoms with E-state index in [0.717, 1.165) is 0 Å². The molecule has 3 N–H and O–H groups in total. The predicted octanol–water partition coefficient (Wildman–Crippen LogP) is 3.31. The number of carbonyl (C=O) groups excluding carboxylic acids is 3. The molecule has 2 bridgehead atoms. The summed E-state index contributed by atoms with van der Waals surface area (Å²) >= 11 is 2.36. The molecule has 0 saturated heterocycles. The third-order valence-corrected chi connectivity index (χ3v) is 7.15. The SMILES string of the molecule is COC(=O)c1ccsc1NC(=O)c1ccsc1NC(=O)[C@H]1[C@@H](C(=O)O)[C@H]2C=C[C@H]1C2. The lowest BCUT2D eigenvalue weighted by Crippen LogP contribution is -2.36. The predicted molar refractivity (Wildman–Crippen MR) is 112 cm³/mol. The van der Waals surface area contributed by atoms with Crippen molar-refractivity contribution in [3.8, 4) is 0 Å². The molecule has 0 aromatic carbocycles. The van der Waals surface area contributed by atoms with Crippen molar-refractivity contribution >= 4 is 56.4 Å². The van der Waals surface area contributed by atoms with Crippen molar-refractivity contribution < 1.29 is 29.0 Å². The van der Waals surface area contributed by atoms with E-state index in [0.29, 0.717) is 16.4 Å². The average molecular weight is 447 g/mol. The molecule has 1 fully saturated rings. The van der Waals surface area contributed by atoms with Gasteiger partial charge < -0.3 is 20.5 Å². The van der Waals surface area contributed by atoms with Crippen LogP contribution in [0.15, 0.2) is 35.0 Å². The molecule has 2 aromatic heterocycles. The number of carboxylic acids is 1. The highest BCUT2D eigenvalue weighted by molar-refractivity contribution is 7.15. The second-order valence-electron chi connectivity index (χ2n) is 7.10. The Kier molecular flexibility index (Phi) is 5.44. The summed E-state index contributed by atoms with van der Waals surface area (Å²) in [6.07, 6.45) is 4.43. The number of hydrogen-bond acceptors (Lipinski definition) is 7. The van der Waals surface area contributed by atoms with Crippen LogP contribution in [-0.4, -0.2) is 36.0 Å². The molecule has 0 spiro atoms. The molecule has 0 aliphatic heterocycles. The van der Waals surface area contributed by atoms with Crippen molar-refractivity contribution in [3.05, 3.63) is 46.2 Å². The first-order chi connectivity index (χ1) is 14.4. The lowest BCUT2D eigenvalue weighted by molar-refractivity contribution is -0.146. The molecule has 4 rings (SSSR count). The minimum Gasteiger partial charge on any atom is -0.481 e. The minimum atomic E-state index is -0.982. The van der Waals surface area contributed by atoms with Gasteiger partial charge in [0.2, 0.25) is 5.91 Å². The summed E-state index contributed by atoms with van der Waals surface area (Å²) in [5, 5.41) is 19.0. The van der Waals surface area contributed by atoms with Crippen LogP contribution in [0.2, 0.25) is 0 Å². The fourth-order valence-corrected chi connectivity index (χ4v) is 5.70. The number of carboxylic acid groups (broad SMARTS) is 1. The summed E-state index contributed by atoms with van der Waals surface area (Å²) in [6, 6.07) is 3.12. The van der Waals surface area contributed by atoms with Crippen LogP contribution in [0.3, 0.4) is 0 Å². The molecule has 8 nitrogen and oxygen atoms in total. The van der Waals surface area contributed by atoms with Gasteiger partial charge in [0.05, 0.1) is 30.1 Å². The maximum atomic E-state index is 12.9. The number of nitrogens with one attached hydrogen (secondary N) is 2. The smallest absolute Gasteiger partial charge is 0.340 e. The summed E-state index contributed by atoms with van der Waals surface area (Å²) in [5.74, 6) is -4.10. The summed E-state index contributed by atoms with van der Waals surface area (Å²) in [4.78, 5) is 49.1. The van der Waals surface area contributed by atoms with E-state index in [4.69, 9.17) is 4.74 Å². The van der Waals surface area contributed by atoms with E-state index in [9.17, 15) is 24.3 Å². The van der Waals surface area contributed by atoms with Gasteiger partial charge in [-0.3, -0.25) is 14.4 Å². The van der Waals surface area contributed by atoms with Gasteiger partial charge in [-0.05, 0) is 41.1 Å². The Hall–Kier alpha value is -2.98. The topological polar surface area (TPSA) is 122 Å². The number of hydrogen-bond donors (Lipinski definition) is 3. The lowest BCUT2D eigenvalue weighted by Gasteiger charge is -2.23. The Morgan fingerprint density at radius 2 is 1.57 bits per heavy atom. The largest absolute Gasteiger partial charge is 0.481 e. The first-order valence-corrected chi connectivity index (χ1v) is 10.9. The zero-order chi connectivity index (χ0) is 21.4. The van der Waals surface area contributed by atoms with Crippen molar-refractivity contribution in [3.63, 3.8) is 0 Å². The van der Waals surface area contributed by atoms with E-state index in [2.05, 4.69) is 10.6 Å². The third-order valence-electron chi connectivity index (χ3n) is 5.49. The van der Waals surface area contributed by atoms with Crippen LogP contribution in [0.5, 0.6) is 0 Å². The molecular weight excluding hydrogens is 428 g/mol. The van der Waals surface area contributed by atoms with Crippen LogP contribution in [-0.2, 0) is 14.3 Å². The quantitative estimate of drug-likeness (QED) is 0.462. The Morgan fingerprint density at radius 3 is 2.20 bits per heavy atom. The highest BCUT2D eigenvalue weighted by atomic mass is 32.1. The Labute approximate surface area is 179 Å². The number of methoxy groups -OCH3 is 1. The molecule has 2 heterocycles. The number of fused-ring (bicyclic) bond motifs is 2. The lowest BCUT2D eigenvalue weighted by atomic mass is 9.82. The summed E-state index contributed by atoms with van der Waals surface area (Å²) in [6.45, 7) is 0. The first kappa shape index (κ1) is 20.3. The standard InChI is InChI=1S/C20H18N2O6S2/c1-28-20(27)12-5-7-30-18(12)21-15(23)11-4-6-29-17(11)22-16(24)13-9-2-3-10(8-9)14(13)19(25)26/h2-7,9-10,13-14H,8H2,1H3,(H,21,23)(H,22,24)(H,25,26)/t9-,10-,13+,14-/m0/s1. The van der Waals surface area contributed by atoms with E-state index in [1.807, 2.05) is 12.2 Å². The van der Waals surface area contributed by atoms with Crippen LogP contribution in [0.25, 0.3) is 0 Å². The van der Waals surface area contributed by atoms with Crippen LogP contribution in [0, 0.1) is 23.7 Å². The number of rotatable bonds is 6. The highest BCUT2D eigenvalue weighted by Gasteiger charge is 2.51. The third kappa shape index (κ3) is 3.52. The molecule has 0 unspecified atom stereocenters. The summed E-state index contributed by atoms with van der Waals surface area (Å²) in [5.41, 5.74) is 0.484. The Bertz CT molecular complexity index is 1060. The molecular formula is C20H18N2O6S2. The van der Waals surface area contributed by atoms with Crippen LogP contribution in [0.4, 0.5) is 10.0 Å². The molecule has 156 valence electrons. The molecule has 2 aliphatic rings. The number of thiophene rings is 2. The van der Waals surface area contributed by atoms with Crippen molar-refractivity contribution in [2.75, 3.05) is 17.7 Å². The molecule has 0 radical (unpaired) electrons. The van der Waals surface area contributed by atoms with Gasteiger partial charge in [0.15, 0.2) is 0 Å². The van der Waals surface area contributed by atoms with Gasteiger partial charge in [-0.1, -0.05) is 12.2 Å². The van der Waals surface area contributed by atoms with Gasteiger partial charge in [0.25, 0.3) is 5.91 Å². The average Bonchev–Trinajstić information content (AvgIpc) is 3.50. The van der Waals surface area contributed by atoms with Crippen LogP contribution in [0.1, 0.15) is 27.1 Å². The molecule has 2 aromatic rings. The second-order valence-corrected chi connectivity index (χ2v) is 8.93. The fraction of sp³-hybridized carbons (Fsp3) is 0.300. The second kappa shape index (κ2) is 8.04.